The van der Waals surface area contributed by atoms with E-state index in [0.29, 0.717) is 11.7 Å². The van der Waals surface area contributed by atoms with Crippen LogP contribution in [0.15, 0.2) is 54.7 Å². The van der Waals surface area contributed by atoms with Crippen molar-refractivity contribution in [3.05, 3.63) is 82.9 Å². The minimum absolute atomic E-state index is 0.0852. The molecule has 2 aromatic heterocycles. The van der Waals surface area contributed by atoms with Crippen molar-refractivity contribution in [2.75, 3.05) is 13.2 Å². The molecular formula is C25H28N4O2S. The Morgan fingerprint density at radius 2 is 1.91 bits per heavy atom. The lowest BCUT2D eigenvalue weighted by Crippen LogP contribution is -2.35. The Bertz CT molecular complexity index is 1120. The van der Waals surface area contributed by atoms with Crippen LogP contribution >= 0.6 is 12.2 Å². The average Bonchev–Trinajstić information content (AvgIpc) is 3.25. The molecule has 1 aliphatic heterocycles. The van der Waals surface area contributed by atoms with Crippen LogP contribution in [0.1, 0.15) is 47.2 Å². The zero-order valence-corrected chi connectivity index (χ0v) is 19.6. The molecule has 0 radical (unpaired) electrons. The molecule has 1 aromatic carbocycles. The van der Waals surface area contributed by atoms with Gasteiger partial charge in [-0.15, -0.1) is 0 Å². The van der Waals surface area contributed by atoms with E-state index >= 15 is 0 Å². The molecule has 0 spiro atoms. The van der Waals surface area contributed by atoms with E-state index in [4.69, 9.17) is 17.0 Å². The highest BCUT2D eigenvalue weighted by molar-refractivity contribution is 7.80. The summed E-state index contributed by atoms with van der Waals surface area (Å²) in [5.74, 6) is -0.296. The molecule has 0 unspecified atom stereocenters. The van der Waals surface area contributed by atoms with E-state index in [0.717, 1.165) is 28.3 Å². The average molecular weight is 449 g/mol. The first kappa shape index (κ1) is 22.0. The number of ether oxygens (including phenoxy) is 1. The molecule has 1 aliphatic rings. The summed E-state index contributed by atoms with van der Waals surface area (Å²) in [5.41, 5.74) is 6.55. The van der Waals surface area contributed by atoms with Gasteiger partial charge in [-0.05, 0) is 75.8 Å². The van der Waals surface area contributed by atoms with E-state index < -0.39 is 0 Å². The van der Waals surface area contributed by atoms with Gasteiger partial charge in [-0.25, -0.2) is 0 Å². The van der Waals surface area contributed by atoms with Crippen LogP contribution in [0.2, 0.25) is 0 Å². The maximum atomic E-state index is 12.4. The SMILES string of the molecule is CCOC(=O)CN1C(=S)N[C@@H](c2ccccn2)[C@H]1c1cc(C)n(-c2ccc(C)cc2)c1C. The molecule has 1 saturated heterocycles. The lowest BCUT2D eigenvalue weighted by atomic mass is 9.97. The van der Waals surface area contributed by atoms with Gasteiger partial charge in [0, 0.05) is 23.3 Å². The van der Waals surface area contributed by atoms with Crippen molar-refractivity contribution in [3.63, 3.8) is 0 Å². The first-order valence-corrected chi connectivity index (χ1v) is 11.2. The Kier molecular flexibility index (Phi) is 6.28. The number of carbonyl (C=O) groups is 1. The van der Waals surface area contributed by atoms with E-state index in [9.17, 15) is 4.79 Å². The van der Waals surface area contributed by atoms with E-state index in [-0.39, 0.29) is 24.6 Å². The molecule has 0 bridgehead atoms. The molecule has 1 fully saturated rings. The molecule has 6 nitrogen and oxygen atoms in total. The number of esters is 1. The van der Waals surface area contributed by atoms with Gasteiger partial charge in [0.1, 0.15) is 6.54 Å². The van der Waals surface area contributed by atoms with Crippen molar-refractivity contribution in [2.24, 2.45) is 0 Å². The summed E-state index contributed by atoms with van der Waals surface area (Å²) in [7, 11) is 0. The van der Waals surface area contributed by atoms with Gasteiger partial charge in [0.15, 0.2) is 5.11 Å². The third-order valence-electron chi connectivity index (χ3n) is 5.88. The predicted octanol–water partition coefficient (Wildman–Crippen LogP) is 4.33. The van der Waals surface area contributed by atoms with Crippen LogP contribution in [0.25, 0.3) is 5.69 Å². The van der Waals surface area contributed by atoms with Crippen LogP contribution < -0.4 is 5.32 Å². The highest BCUT2D eigenvalue weighted by Crippen LogP contribution is 2.41. The number of pyridine rings is 1. The van der Waals surface area contributed by atoms with E-state index in [1.54, 1.807) is 6.20 Å². The molecule has 32 heavy (non-hydrogen) atoms. The van der Waals surface area contributed by atoms with Crippen molar-refractivity contribution in [2.45, 2.75) is 39.8 Å². The van der Waals surface area contributed by atoms with Crippen molar-refractivity contribution < 1.29 is 9.53 Å². The molecule has 4 rings (SSSR count). The number of thiocarbonyl (C=S) groups is 1. The number of nitrogens with zero attached hydrogens (tertiary/aromatic N) is 3. The summed E-state index contributed by atoms with van der Waals surface area (Å²) in [4.78, 5) is 18.9. The number of hydrogen-bond acceptors (Lipinski definition) is 4. The summed E-state index contributed by atoms with van der Waals surface area (Å²) >= 11 is 5.66. The second kappa shape index (κ2) is 9.12. The van der Waals surface area contributed by atoms with Crippen molar-refractivity contribution in [1.29, 1.82) is 0 Å². The zero-order valence-electron chi connectivity index (χ0n) is 18.8. The first-order chi connectivity index (χ1) is 15.4. The number of aromatic nitrogens is 2. The second-order valence-electron chi connectivity index (χ2n) is 8.06. The van der Waals surface area contributed by atoms with Crippen LogP contribution in [0.5, 0.6) is 0 Å². The number of hydrogen-bond donors (Lipinski definition) is 1. The first-order valence-electron chi connectivity index (χ1n) is 10.8. The van der Waals surface area contributed by atoms with Gasteiger partial charge in [0.25, 0.3) is 0 Å². The standard InChI is InChI=1S/C25H28N4O2S/c1-5-31-22(30)15-28-24(23(27-25(28)32)21-8-6-7-13-26-21)20-14-17(3)29(18(20)4)19-11-9-16(2)10-12-19/h6-14,23-24H,5,15H2,1-4H3,(H,27,32)/t23-,24+/m0/s1. The third-order valence-corrected chi connectivity index (χ3v) is 6.24. The van der Waals surface area contributed by atoms with Crippen molar-refractivity contribution in [3.8, 4) is 5.69 Å². The highest BCUT2D eigenvalue weighted by Gasteiger charge is 2.42. The summed E-state index contributed by atoms with van der Waals surface area (Å²) in [6.45, 7) is 8.53. The predicted molar refractivity (Wildman–Crippen MR) is 129 cm³/mol. The smallest absolute Gasteiger partial charge is 0.325 e. The highest BCUT2D eigenvalue weighted by atomic mass is 32.1. The maximum absolute atomic E-state index is 12.4. The van der Waals surface area contributed by atoms with Gasteiger partial charge in [-0.3, -0.25) is 9.78 Å². The molecular weight excluding hydrogens is 420 g/mol. The summed E-state index contributed by atoms with van der Waals surface area (Å²) in [5, 5.41) is 3.92. The lowest BCUT2D eigenvalue weighted by Gasteiger charge is -2.27. The van der Waals surface area contributed by atoms with Crippen LogP contribution in [-0.2, 0) is 9.53 Å². The molecule has 3 aromatic rings. The van der Waals surface area contributed by atoms with Crippen LogP contribution in [0, 0.1) is 20.8 Å². The van der Waals surface area contributed by atoms with Crippen LogP contribution in [0.3, 0.4) is 0 Å². The van der Waals surface area contributed by atoms with Gasteiger partial charge < -0.3 is 19.5 Å². The van der Waals surface area contributed by atoms with Crippen molar-refractivity contribution in [1.82, 2.24) is 19.8 Å². The Balaban J connectivity index is 1.80. The number of aryl methyl sites for hydroxylation is 2. The molecule has 3 heterocycles. The van der Waals surface area contributed by atoms with Gasteiger partial charge in [0.05, 0.1) is 24.4 Å². The second-order valence-corrected chi connectivity index (χ2v) is 8.44. The molecule has 166 valence electrons. The quantitative estimate of drug-likeness (QED) is 0.447. The fourth-order valence-electron chi connectivity index (χ4n) is 4.44. The number of carbonyl (C=O) groups excluding carboxylic acids is 1. The fraction of sp³-hybridized carbons (Fsp3) is 0.320. The topological polar surface area (TPSA) is 59.4 Å². The van der Waals surface area contributed by atoms with Crippen molar-refractivity contribution >= 4 is 23.3 Å². The minimum atomic E-state index is -0.296. The maximum Gasteiger partial charge on any atom is 0.325 e. The summed E-state index contributed by atoms with van der Waals surface area (Å²) < 4.78 is 7.47. The molecule has 0 saturated carbocycles. The monoisotopic (exact) mass is 448 g/mol. The third kappa shape index (κ3) is 4.12. The van der Waals surface area contributed by atoms with E-state index in [1.807, 2.05) is 30.0 Å². The Hall–Kier alpha value is -3.19. The Labute approximate surface area is 194 Å². The molecule has 2 atom stereocenters. The minimum Gasteiger partial charge on any atom is -0.465 e. The summed E-state index contributed by atoms with van der Waals surface area (Å²) in [6, 6.07) is 16.2. The zero-order chi connectivity index (χ0) is 22.8. The largest absolute Gasteiger partial charge is 0.465 e. The fourth-order valence-corrected chi connectivity index (χ4v) is 4.74. The van der Waals surface area contributed by atoms with Crippen LogP contribution in [-0.4, -0.2) is 38.7 Å². The molecule has 0 aliphatic carbocycles. The molecule has 0 amide bonds. The summed E-state index contributed by atoms with van der Waals surface area (Å²) in [6.07, 6.45) is 1.78. The van der Waals surface area contributed by atoms with Gasteiger partial charge >= 0.3 is 5.97 Å². The lowest BCUT2D eigenvalue weighted by molar-refractivity contribution is -0.143. The van der Waals surface area contributed by atoms with E-state index in [1.165, 1.54) is 5.56 Å². The van der Waals surface area contributed by atoms with Gasteiger partial charge in [-0.2, -0.15) is 0 Å². The number of nitrogens with one attached hydrogen (secondary N) is 1. The van der Waals surface area contributed by atoms with E-state index in [2.05, 4.69) is 66.0 Å². The van der Waals surface area contributed by atoms with Gasteiger partial charge in [-0.1, -0.05) is 23.8 Å². The Morgan fingerprint density at radius 3 is 2.56 bits per heavy atom. The Morgan fingerprint density at radius 1 is 1.16 bits per heavy atom. The number of rotatable bonds is 6. The van der Waals surface area contributed by atoms with Gasteiger partial charge in [0.2, 0.25) is 0 Å². The molecule has 1 N–H and O–H groups in total. The molecule has 7 heteroatoms. The normalized spacial score (nSPS) is 18.0. The van der Waals surface area contributed by atoms with Crippen LogP contribution in [0.4, 0.5) is 0 Å². The number of benzene rings is 1.